The van der Waals surface area contributed by atoms with Gasteiger partial charge < -0.3 is 15.1 Å². The van der Waals surface area contributed by atoms with Gasteiger partial charge in [-0.3, -0.25) is 0 Å². The lowest BCUT2D eigenvalue weighted by atomic mass is 10.0. The molecule has 1 aromatic rings. The summed E-state index contributed by atoms with van der Waals surface area (Å²) < 4.78 is 1.05. The topological polar surface area (TPSA) is 31.4 Å². The largest absolute Gasteiger partial charge is 0.356 e. The highest BCUT2D eigenvalue weighted by atomic mass is 79.9. The zero-order chi connectivity index (χ0) is 15.4. The number of hydrogen-bond donors (Lipinski definition) is 1. The average Bonchev–Trinajstić information content (AvgIpc) is 2.45. The molecule has 0 spiro atoms. The molecule has 2 rings (SSSR count). The summed E-state index contributed by atoms with van der Waals surface area (Å²) in [5.74, 6) is 1.14. The minimum absolute atomic E-state index is 0.483. The summed E-state index contributed by atoms with van der Waals surface area (Å²) in [5.41, 5.74) is 1.28. The second-order valence-corrected chi connectivity index (χ2v) is 7.27. The molecule has 2 heterocycles. The van der Waals surface area contributed by atoms with Gasteiger partial charge in [-0.25, -0.2) is 4.98 Å². The molecule has 0 aliphatic carbocycles. The van der Waals surface area contributed by atoms with Gasteiger partial charge in [0.05, 0.1) is 0 Å². The predicted molar refractivity (Wildman–Crippen MR) is 92.8 cm³/mol. The number of halogens is 1. The normalized spacial score (nSPS) is 17.0. The lowest BCUT2D eigenvalue weighted by Gasteiger charge is -2.36. The Bertz CT molecular complexity index is 454. The van der Waals surface area contributed by atoms with Crippen molar-refractivity contribution in [2.24, 2.45) is 0 Å². The monoisotopic (exact) mass is 354 g/mol. The van der Waals surface area contributed by atoms with E-state index in [1.165, 1.54) is 18.4 Å². The molecule has 1 aliphatic rings. The molecule has 0 radical (unpaired) electrons. The highest BCUT2D eigenvalue weighted by molar-refractivity contribution is 9.10. The summed E-state index contributed by atoms with van der Waals surface area (Å²) in [5, 5.41) is 3.50. The lowest BCUT2D eigenvalue weighted by Crippen LogP contribution is -2.42. The van der Waals surface area contributed by atoms with Gasteiger partial charge in [-0.15, -0.1) is 0 Å². The second kappa shape index (κ2) is 7.56. The van der Waals surface area contributed by atoms with Gasteiger partial charge in [0, 0.05) is 48.0 Å². The number of aromatic nitrogens is 1. The van der Waals surface area contributed by atoms with Crippen molar-refractivity contribution in [3.63, 3.8) is 0 Å². The van der Waals surface area contributed by atoms with Crippen molar-refractivity contribution in [3.8, 4) is 0 Å². The lowest BCUT2D eigenvalue weighted by molar-refractivity contribution is 0.249. The van der Waals surface area contributed by atoms with Crippen LogP contribution in [0.5, 0.6) is 0 Å². The first-order chi connectivity index (χ1) is 9.97. The van der Waals surface area contributed by atoms with Crippen LogP contribution >= 0.6 is 15.9 Å². The maximum atomic E-state index is 4.68. The quantitative estimate of drug-likeness (QED) is 0.880. The number of pyridine rings is 1. The van der Waals surface area contributed by atoms with Crippen molar-refractivity contribution in [2.45, 2.75) is 45.3 Å². The Morgan fingerprint density at radius 3 is 2.62 bits per heavy atom. The molecule has 21 heavy (non-hydrogen) atoms. The maximum Gasteiger partial charge on any atom is 0.133 e. The van der Waals surface area contributed by atoms with Crippen LogP contribution in [0.1, 0.15) is 32.3 Å². The van der Waals surface area contributed by atoms with Crippen LogP contribution in [0.4, 0.5) is 5.82 Å². The van der Waals surface area contributed by atoms with Crippen molar-refractivity contribution in [1.29, 1.82) is 0 Å². The van der Waals surface area contributed by atoms with Crippen LogP contribution in [0.15, 0.2) is 16.7 Å². The van der Waals surface area contributed by atoms with Gasteiger partial charge in [0.2, 0.25) is 0 Å². The average molecular weight is 355 g/mol. The van der Waals surface area contributed by atoms with E-state index in [-0.39, 0.29) is 0 Å². The molecular weight excluding hydrogens is 328 g/mol. The minimum atomic E-state index is 0.483. The van der Waals surface area contributed by atoms with Crippen LogP contribution in [0.25, 0.3) is 0 Å². The first-order valence-corrected chi connectivity index (χ1v) is 8.56. The molecule has 1 aromatic heterocycles. The Labute approximate surface area is 137 Å². The van der Waals surface area contributed by atoms with Crippen molar-refractivity contribution >= 4 is 21.7 Å². The molecule has 1 fully saturated rings. The van der Waals surface area contributed by atoms with Gasteiger partial charge >= 0.3 is 0 Å². The standard InChI is InChI=1S/C16H27BrN4/c1-12(2)18-10-13-9-14(17)11-19-16(13)21-7-5-15(6-8-21)20(3)4/h9,11-12,15,18H,5-8,10H2,1-4H3. The third kappa shape index (κ3) is 4.66. The molecule has 0 aromatic carbocycles. The fourth-order valence-electron chi connectivity index (χ4n) is 2.80. The molecule has 0 saturated carbocycles. The molecule has 0 amide bonds. The zero-order valence-electron chi connectivity index (χ0n) is 13.6. The van der Waals surface area contributed by atoms with Crippen molar-refractivity contribution < 1.29 is 0 Å². The molecule has 1 saturated heterocycles. The Morgan fingerprint density at radius 2 is 2.05 bits per heavy atom. The molecule has 1 N–H and O–H groups in total. The Kier molecular flexibility index (Phi) is 6.02. The van der Waals surface area contributed by atoms with E-state index in [1.807, 2.05) is 6.20 Å². The fraction of sp³-hybridized carbons (Fsp3) is 0.688. The van der Waals surface area contributed by atoms with Crippen LogP contribution in [0.2, 0.25) is 0 Å². The van der Waals surface area contributed by atoms with Crippen molar-refractivity contribution in [2.75, 3.05) is 32.1 Å². The summed E-state index contributed by atoms with van der Waals surface area (Å²) in [7, 11) is 4.35. The smallest absolute Gasteiger partial charge is 0.133 e. The summed E-state index contributed by atoms with van der Waals surface area (Å²) in [6.07, 6.45) is 4.33. The number of nitrogens with zero attached hydrogens (tertiary/aromatic N) is 3. The van der Waals surface area contributed by atoms with Crippen LogP contribution < -0.4 is 10.2 Å². The van der Waals surface area contributed by atoms with Crippen LogP contribution in [-0.4, -0.2) is 49.2 Å². The molecule has 0 bridgehead atoms. The van der Waals surface area contributed by atoms with Gasteiger partial charge in [-0.2, -0.15) is 0 Å². The van der Waals surface area contributed by atoms with E-state index in [4.69, 9.17) is 0 Å². The van der Waals surface area contributed by atoms with Gasteiger partial charge in [0.15, 0.2) is 0 Å². The third-order valence-electron chi connectivity index (χ3n) is 4.10. The number of nitrogens with one attached hydrogen (secondary N) is 1. The highest BCUT2D eigenvalue weighted by Crippen LogP contribution is 2.25. The maximum absolute atomic E-state index is 4.68. The van der Waals surface area contributed by atoms with E-state index in [0.29, 0.717) is 12.1 Å². The first kappa shape index (κ1) is 16.7. The Morgan fingerprint density at radius 1 is 1.38 bits per heavy atom. The van der Waals surface area contributed by atoms with E-state index in [9.17, 15) is 0 Å². The predicted octanol–water partition coefficient (Wildman–Crippen LogP) is 2.87. The number of rotatable bonds is 5. The van der Waals surface area contributed by atoms with E-state index in [0.717, 1.165) is 29.9 Å². The van der Waals surface area contributed by atoms with E-state index >= 15 is 0 Å². The molecule has 4 nitrogen and oxygen atoms in total. The van der Waals surface area contributed by atoms with Gasteiger partial charge in [-0.05, 0) is 48.9 Å². The van der Waals surface area contributed by atoms with E-state index < -0.39 is 0 Å². The molecule has 1 aliphatic heterocycles. The van der Waals surface area contributed by atoms with Crippen molar-refractivity contribution in [1.82, 2.24) is 15.2 Å². The number of anilines is 1. The summed E-state index contributed by atoms with van der Waals surface area (Å²) in [6, 6.07) is 3.38. The van der Waals surface area contributed by atoms with Crippen LogP contribution in [-0.2, 0) is 6.54 Å². The third-order valence-corrected chi connectivity index (χ3v) is 4.54. The zero-order valence-corrected chi connectivity index (χ0v) is 15.2. The van der Waals surface area contributed by atoms with Gasteiger partial charge in [0.25, 0.3) is 0 Å². The van der Waals surface area contributed by atoms with Gasteiger partial charge in [-0.1, -0.05) is 13.8 Å². The molecule has 5 heteroatoms. The molecule has 118 valence electrons. The summed E-state index contributed by atoms with van der Waals surface area (Å²) in [6.45, 7) is 7.40. The molecule has 0 unspecified atom stereocenters. The minimum Gasteiger partial charge on any atom is -0.356 e. The van der Waals surface area contributed by atoms with E-state index in [1.54, 1.807) is 0 Å². The first-order valence-electron chi connectivity index (χ1n) is 7.76. The second-order valence-electron chi connectivity index (χ2n) is 6.35. The summed E-state index contributed by atoms with van der Waals surface area (Å²) >= 11 is 3.54. The Hall–Kier alpha value is -0.650. The van der Waals surface area contributed by atoms with Crippen LogP contribution in [0.3, 0.4) is 0 Å². The number of piperidine rings is 1. The van der Waals surface area contributed by atoms with Crippen LogP contribution in [0, 0.1) is 0 Å². The van der Waals surface area contributed by atoms with E-state index in [2.05, 4.69) is 70.0 Å². The van der Waals surface area contributed by atoms with Crippen molar-refractivity contribution in [3.05, 3.63) is 22.3 Å². The molecular formula is C16H27BrN4. The fourth-order valence-corrected chi connectivity index (χ4v) is 3.18. The highest BCUT2D eigenvalue weighted by Gasteiger charge is 2.23. The SMILES string of the molecule is CC(C)NCc1cc(Br)cnc1N1CCC(N(C)C)CC1. The Balaban J connectivity index is 2.08. The molecule has 0 atom stereocenters. The summed E-state index contributed by atoms with van der Waals surface area (Å²) in [4.78, 5) is 9.45. The number of hydrogen-bond acceptors (Lipinski definition) is 4. The van der Waals surface area contributed by atoms with Gasteiger partial charge in [0.1, 0.15) is 5.82 Å².